The van der Waals surface area contributed by atoms with Crippen LogP contribution >= 0.6 is 11.8 Å². The number of aliphatic carboxylic acids is 1. The number of imidazole rings is 1. The van der Waals surface area contributed by atoms with Gasteiger partial charge in [0.25, 0.3) is 0 Å². The van der Waals surface area contributed by atoms with Gasteiger partial charge in [0.2, 0.25) is 0 Å². The summed E-state index contributed by atoms with van der Waals surface area (Å²) in [7, 11) is 0. The van der Waals surface area contributed by atoms with Crippen LogP contribution in [-0.2, 0) is 4.79 Å². The van der Waals surface area contributed by atoms with Gasteiger partial charge in [-0.05, 0) is 12.8 Å². The molecule has 0 amide bonds. The van der Waals surface area contributed by atoms with Crippen LogP contribution < -0.4 is 0 Å². The third-order valence-electron chi connectivity index (χ3n) is 3.22. The van der Waals surface area contributed by atoms with Crippen molar-refractivity contribution in [3.05, 3.63) is 12.7 Å². The van der Waals surface area contributed by atoms with Crippen LogP contribution in [0, 0.1) is 5.92 Å². The summed E-state index contributed by atoms with van der Waals surface area (Å²) in [4.78, 5) is 26.5. The Morgan fingerprint density at radius 2 is 2.28 bits per heavy atom. The lowest BCUT2D eigenvalue weighted by Crippen LogP contribution is -2.20. The van der Waals surface area contributed by atoms with E-state index >= 15 is 0 Å². The Kier molecular flexibility index (Phi) is 2.91. The number of aromatic nitrogens is 4. The van der Waals surface area contributed by atoms with Crippen LogP contribution in [0.3, 0.4) is 0 Å². The van der Waals surface area contributed by atoms with Crippen LogP contribution in [0.4, 0.5) is 0 Å². The Morgan fingerprint density at radius 3 is 3.11 bits per heavy atom. The zero-order chi connectivity index (χ0) is 12.5. The lowest BCUT2D eigenvalue weighted by molar-refractivity contribution is -0.141. The van der Waals surface area contributed by atoms with Crippen LogP contribution in [0.5, 0.6) is 0 Å². The predicted molar refractivity (Wildman–Crippen MR) is 66.3 cm³/mol. The van der Waals surface area contributed by atoms with Crippen molar-refractivity contribution in [1.82, 2.24) is 19.9 Å². The number of thioether (sulfide) groups is 1. The largest absolute Gasteiger partial charge is 0.481 e. The maximum absolute atomic E-state index is 11.1. The molecule has 1 aliphatic rings. The van der Waals surface area contributed by atoms with Gasteiger partial charge in [-0.25, -0.2) is 15.0 Å². The highest BCUT2D eigenvalue weighted by molar-refractivity contribution is 8.00. The second-order valence-electron chi connectivity index (χ2n) is 4.31. The molecule has 1 saturated carbocycles. The summed E-state index contributed by atoms with van der Waals surface area (Å²) in [5.41, 5.74) is 1.41. The molecule has 0 spiro atoms. The minimum atomic E-state index is -0.708. The second kappa shape index (κ2) is 4.56. The zero-order valence-electron chi connectivity index (χ0n) is 9.54. The number of nitrogens with zero attached hydrogens (tertiary/aromatic N) is 3. The van der Waals surface area contributed by atoms with Crippen LogP contribution in [0.15, 0.2) is 17.7 Å². The minimum Gasteiger partial charge on any atom is -0.481 e. The highest BCUT2D eigenvalue weighted by atomic mass is 32.2. The summed E-state index contributed by atoms with van der Waals surface area (Å²) in [5, 5.41) is 10.0. The molecular weight excluding hydrogens is 252 g/mol. The van der Waals surface area contributed by atoms with Gasteiger partial charge in [-0.2, -0.15) is 0 Å². The predicted octanol–water partition coefficient (Wildman–Crippen LogP) is 1.70. The molecular formula is C11H12N4O2S. The van der Waals surface area contributed by atoms with Crippen molar-refractivity contribution in [2.75, 3.05) is 0 Å². The van der Waals surface area contributed by atoms with E-state index in [2.05, 4.69) is 19.9 Å². The molecule has 1 aliphatic carbocycles. The number of carboxylic acids is 1. The van der Waals surface area contributed by atoms with Crippen molar-refractivity contribution in [2.45, 2.75) is 29.5 Å². The molecule has 2 unspecified atom stereocenters. The first kappa shape index (κ1) is 11.5. The average Bonchev–Trinajstić information content (AvgIpc) is 2.96. The van der Waals surface area contributed by atoms with E-state index in [1.165, 1.54) is 18.1 Å². The molecule has 0 aliphatic heterocycles. The molecule has 0 radical (unpaired) electrons. The van der Waals surface area contributed by atoms with E-state index in [1.807, 2.05) is 0 Å². The maximum atomic E-state index is 11.1. The molecule has 18 heavy (non-hydrogen) atoms. The molecule has 2 aromatic rings. The zero-order valence-corrected chi connectivity index (χ0v) is 10.4. The monoisotopic (exact) mass is 264 g/mol. The topological polar surface area (TPSA) is 91.8 Å². The lowest BCUT2D eigenvalue weighted by Gasteiger charge is -2.14. The van der Waals surface area contributed by atoms with Crippen molar-refractivity contribution < 1.29 is 9.90 Å². The van der Waals surface area contributed by atoms with Gasteiger partial charge >= 0.3 is 5.97 Å². The summed E-state index contributed by atoms with van der Waals surface area (Å²) in [6.07, 6.45) is 5.68. The second-order valence-corrected chi connectivity index (χ2v) is 5.54. The number of fused-ring (bicyclic) bond motifs is 1. The maximum Gasteiger partial charge on any atom is 0.307 e. The fraction of sp³-hybridized carbons (Fsp3) is 0.455. The van der Waals surface area contributed by atoms with Crippen molar-refractivity contribution in [2.24, 2.45) is 5.92 Å². The number of aromatic amines is 1. The normalized spacial score (nSPS) is 23.6. The molecule has 2 aromatic heterocycles. The van der Waals surface area contributed by atoms with Gasteiger partial charge in [0, 0.05) is 5.25 Å². The van der Waals surface area contributed by atoms with Crippen LogP contribution in [0.25, 0.3) is 11.2 Å². The van der Waals surface area contributed by atoms with E-state index in [1.54, 1.807) is 6.33 Å². The standard InChI is InChI=1S/C11H12N4O2S/c16-11(17)6-2-1-3-7(6)18-10-8-9(13-4-12-8)14-5-15-10/h4-7H,1-3H2,(H,16,17)(H,12,13,14,15). The fourth-order valence-electron chi connectivity index (χ4n) is 2.33. The number of hydrogen-bond donors (Lipinski definition) is 2. The molecule has 2 heterocycles. The van der Waals surface area contributed by atoms with Crippen LogP contribution in [0.1, 0.15) is 19.3 Å². The quantitative estimate of drug-likeness (QED) is 0.820. The van der Waals surface area contributed by atoms with Crippen molar-refractivity contribution >= 4 is 28.9 Å². The molecule has 2 atom stereocenters. The average molecular weight is 264 g/mol. The summed E-state index contributed by atoms with van der Waals surface area (Å²) < 4.78 is 0. The van der Waals surface area contributed by atoms with E-state index in [0.717, 1.165) is 29.8 Å². The van der Waals surface area contributed by atoms with E-state index in [4.69, 9.17) is 5.11 Å². The van der Waals surface area contributed by atoms with Crippen molar-refractivity contribution in [3.8, 4) is 0 Å². The molecule has 6 nitrogen and oxygen atoms in total. The molecule has 0 saturated heterocycles. The number of hydrogen-bond acceptors (Lipinski definition) is 5. The Balaban J connectivity index is 1.88. The number of carbonyl (C=O) groups is 1. The van der Waals surface area contributed by atoms with Gasteiger partial charge in [-0.3, -0.25) is 4.79 Å². The number of nitrogens with one attached hydrogen (secondary N) is 1. The fourth-order valence-corrected chi connectivity index (χ4v) is 3.69. The molecule has 7 heteroatoms. The van der Waals surface area contributed by atoms with Crippen LogP contribution in [-0.4, -0.2) is 36.3 Å². The van der Waals surface area contributed by atoms with Gasteiger partial charge in [-0.15, -0.1) is 0 Å². The smallest absolute Gasteiger partial charge is 0.307 e. The summed E-state index contributed by atoms with van der Waals surface area (Å²) in [6, 6.07) is 0. The summed E-state index contributed by atoms with van der Waals surface area (Å²) in [6.45, 7) is 0. The van der Waals surface area contributed by atoms with Gasteiger partial charge < -0.3 is 10.1 Å². The summed E-state index contributed by atoms with van der Waals surface area (Å²) in [5.74, 6) is -0.983. The third kappa shape index (κ3) is 1.94. The first-order chi connectivity index (χ1) is 8.75. The SMILES string of the molecule is O=C(O)C1CCCC1Sc1ncnc2nc[nH]c12. The van der Waals surface area contributed by atoms with E-state index in [0.29, 0.717) is 5.65 Å². The van der Waals surface area contributed by atoms with E-state index in [-0.39, 0.29) is 11.2 Å². The lowest BCUT2D eigenvalue weighted by atomic mass is 10.1. The minimum absolute atomic E-state index is 0.0869. The highest BCUT2D eigenvalue weighted by Crippen LogP contribution is 2.39. The molecule has 94 valence electrons. The number of H-pyrrole nitrogens is 1. The van der Waals surface area contributed by atoms with Gasteiger partial charge in [0.05, 0.1) is 12.2 Å². The highest BCUT2D eigenvalue weighted by Gasteiger charge is 2.34. The first-order valence-corrected chi connectivity index (χ1v) is 6.67. The van der Waals surface area contributed by atoms with E-state index in [9.17, 15) is 4.79 Å². The van der Waals surface area contributed by atoms with Crippen LogP contribution in [0.2, 0.25) is 0 Å². The Hall–Kier alpha value is -1.63. The molecule has 3 rings (SSSR count). The number of carboxylic acid groups (broad SMARTS) is 1. The number of rotatable bonds is 3. The third-order valence-corrected chi connectivity index (χ3v) is 4.62. The van der Waals surface area contributed by atoms with Gasteiger partial charge in [0.1, 0.15) is 16.9 Å². The molecule has 2 N–H and O–H groups in total. The summed E-state index contributed by atoms with van der Waals surface area (Å²) >= 11 is 1.52. The van der Waals surface area contributed by atoms with Gasteiger partial charge in [-0.1, -0.05) is 18.2 Å². The van der Waals surface area contributed by atoms with Crippen molar-refractivity contribution in [3.63, 3.8) is 0 Å². The first-order valence-electron chi connectivity index (χ1n) is 5.79. The van der Waals surface area contributed by atoms with Crippen molar-refractivity contribution in [1.29, 1.82) is 0 Å². The van der Waals surface area contributed by atoms with Gasteiger partial charge in [0.15, 0.2) is 5.65 Å². The molecule has 0 aromatic carbocycles. The Bertz CT molecular complexity index is 585. The molecule has 1 fully saturated rings. The Morgan fingerprint density at radius 1 is 1.39 bits per heavy atom. The molecule has 0 bridgehead atoms. The van der Waals surface area contributed by atoms with E-state index < -0.39 is 5.97 Å². The Labute approximate surface area is 107 Å².